The highest BCUT2D eigenvalue weighted by Crippen LogP contribution is 2.55. The van der Waals surface area contributed by atoms with Crippen LogP contribution in [-0.4, -0.2) is 12.6 Å². The number of carbonyl (C=O) groups excluding carboxylic acids is 1. The monoisotopic (exact) mass is 220 g/mol. The summed E-state index contributed by atoms with van der Waals surface area (Å²) in [5.41, 5.74) is 0.597. The van der Waals surface area contributed by atoms with Crippen LogP contribution in [0, 0.1) is 23.2 Å². The van der Waals surface area contributed by atoms with E-state index in [1.165, 1.54) is 6.42 Å². The standard InChI is InChI=1S/C14H20O2/c1-9(2)13(15)16-8-14(4)10(3)11-5-6-12(14)7-11/h5-6,10-12H,1,7-8H2,2-4H3. The van der Waals surface area contributed by atoms with Crippen LogP contribution in [0.3, 0.4) is 0 Å². The van der Waals surface area contributed by atoms with Gasteiger partial charge in [-0.15, -0.1) is 0 Å². The lowest BCUT2D eigenvalue weighted by molar-refractivity contribution is -0.143. The molecule has 2 aliphatic carbocycles. The molecule has 4 unspecified atom stereocenters. The van der Waals surface area contributed by atoms with Gasteiger partial charge in [-0.2, -0.15) is 0 Å². The molecule has 2 aliphatic rings. The summed E-state index contributed by atoms with van der Waals surface area (Å²) in [5.74, 6) is 1.59. The van der Waals surface area contributed by atoms with E-state index in [-0.39, 0.29) is 11.4 Å². The van der Waals surface area contributed by atoms with Crippen LogP contribution in [0.25, 0.3) is 0 Å². The van der Waals surface area contributed by atoms with E-state index in [1.807, 2.05) is 0 Å². The number of ether oxygens (including phenoxy) is 1. The summed E-state index contributed by atoms with van der Waals surface area (Å²) < 4.78 is 5.34. The molecule has 4 atom stereocenters. The van der Waals surface area contributed by atoms with E-state index in [9.17, 15) is 4.79 Å². The van der Waals surface area contributed by atoms with Gasteiger partial charge in [0.1, 0.15) is 0 Å². The molecule has 0 radical (unpaired) electrons. The molecule has 0 N–H and O–H groups in total. The molecule has 0 aliphatic heterocycles. The Bertz CT molecular complexity index is 356. The van der Waals surface area contributed by atoms with Gasteiger partial charge < -0.3 is 4.74 Å². The number of esters is 1. The molecule has 1 saturated carbocycles. The molecule has 0 aromatic carbocycles. The topological polar surface area (TPSA) is 26.3 Å². The minimum atomic E-state index is -0.264. The average molecular weight is 220 g/mol. The van der Waals surface area contributed by atoms with Gasteiger partial charge in [-0.25, -0.2) is 4.79 Å². The Morgan fingerprint density at radius 3 is 2.75 bits per heavy atom. The normalized spacial score (nSPS) is 40.1. The minimum Gasteiger partial charge on any atom is -0.462 e. The SMILES string of the molecule is C=C(C)C(=O)OCC1(C)C2C=CC(C2)C1C. The molecular weight excluding hydrogens is 200 g/mol. The second-order valence-corrected chi connectivity index (χ2v) is 5.54. The van der Waals surface area contributed by atoms with Crippen molar-refractivity contribution in [3.63, 3.8) is 0 Å². The largest absolute Gasteiger partial charge is 0.462 e. The summed E-state index contributed by atoms with van der Waals surface area (Å²) in [7, 11) is 0. The fourth-order valence-electron chi connectivity index (χ4n) is 3.00. The number of carbonyl (C=O) groups is 1. The van der Waals surface area contributed by atoms with Crippen LogP contribution in [0.2, 0.25) is 0 Å². The van der Waals surface area contributed by atoms with Crippen molar-refractivity contribution in [2.24, 2.45) is 23.2 Å². The van der Waals surface area contributed by atoms with Gasteiger partial charge in [-0.05, 0) is 31.1 Å². The lowest BCUT2D eigenvalue weighted by Gasteiger charge is -2.36. The lowest BCUT2D eigenvalue weighted by atomic mass is 9.71. The van der Waals surface area contributed by atoms with Crippen LogP contribution >= 0.6 is 0 Å². The first-order valence-electron chi connectivity index (χ1n) is 5.96. The van der Waals surface area contributed by atoms with E-state index in [0.29, 0.717) is 29.9 Å². The van der Waals surface area contributed by atoms with Crippen molar-refractivity contribution < 1.29 is 9.53 Å². The van der Waals surface area contributed by atoms with Crippen molar-refractivity contribution in [2.75, 3.05) is 6.61 Å². The third-order valence-electron chi connectivity index (χ3n) is 4.51. The summed E-state index contributed by atoms with van der Waals surface area (Å²) in [6, 6.07) is 0. The van der Waals surface area contributed by atoms with Crippen molar-refractivity contribution in [1.82, 2.24) is 0 Å². The zero-order chi connectivity index (χ0) is 11.9. The van der Waals surface area contributed by atoms with E-state index in [0.717, 1.165) is 0 Å². The summed E-state index contributed by atoms with van der Waals surface area (Å²) in [6.45, 7) is 10.3. The molecule has 0 heterocycles. The predicted octanol–water partition coefficient (Wildman–Crippen LogP) is 2.95. The van der Waals surface area contributed by atoms with Gasteiger partial charge in [-0.3, -0.25) is 0 Å². The maximum atomic E-state index is 11.4. The third-order valence-corrected chi connectivity index (χ3v) is 4.51. The highest BCUT2D eigenvalue weighted by molar-refractivity contribution is 5.86. The van der Waals surface area contributed by atoms with Crippen molar-refractivity contribution >= 4 is 5.97 Å². The van der Waals surface area contributed by atoms with Crippen LogP contribution < -0.4 is 0 Å². The van der Waals surface area contributed by atoms with E-state index < -0.39 is 0 Å². The molecule has 0 aromatic rings. The molecule has 0 aromatic heterocycles. The zero-order valence-corrected chi connectivity index (χ0v) is 10.3. The van der Waals surface area contributed by atoms with Crippen molar-refractivity contribution in [2.45, 2.75) is 27.2 Å². The zero-order valence-electron chi connectivity index (χ0n) is 10.3. The van der Waals surface area contributed by atoms with Crippen LogP contribution in [0.4, 0.5) is 0 Å². The maximum absolute atomic E-state index is 11.4. The predicted molar refractivity (Wildman–Crippen MR) is 63.8 cm³/mol. The highest BCUT2D eigenvalue weighted by Gasteiger charge is 2.51. The van der Waals surface area contributed by atoms with E-state index in [4.69, 9.17) is 4.74 Å². The fourth-order valence-corrected chi connectivity index (χ4v) is 3.00. The number of rotatable bonds is 3. The number of hydrogen-bond acceptors (Lipinski definition) is 2. The Labute approximate surface area is 97.4 Å². The maximum Gasteiger partial charge on any atom is 0.333 e. The first-order valence-corrected chi connectivity index (χ1v) is 5.96. The van der Waals surface area contributed by atoms with Crippen LogP contribution in [0.5, 0.6) is 0 Å². The first-order chi connectivity index (χ1) is 7.45. The summed E-state index contributed by atoms with van der Waals surface area (Å²) in [6.07, 6.45) is 5.83. The van der Waals surface area contributed by atoms with Crippen molar-refractivity contribution in [3.8, 4) is 0 Å². The second kappa shape index (κ2) is 3.76. The molecule has 2 heteroatoms. The fraction of sp³-hybridized carbons (Fsp3) is 0.643. The Morgan fingerprint density at radius 2 is 2.25 bits per heavy atom. The van der Waals surface area contributed by atoms with Crippen LogP contribution in [0.15, 0.2) is 24.3 Å². The van der Waals surface area contributed by atoms with Gasteiger partial charge in [0.15, 0.2) is 0 Å². The molecular formula is C14H20O2. The number of allylic oxidation sites excluding steroid dienone is 2. The van der Waals surface area contributed by atoms with E-state index in [1.54, 1.807) is 6.92 Å². The second-order valence-electron chi connectivity index (χ2n) is 5.54. The van der Waals surface area contributed by atoms with Gasteiger partial charge in [0.25, 0.3) is 0 Å². The van der Waals surface area contributed by atoms with E-state index in [2.05, 4.69) is 32.6 Å². The molecule has 88 valence electrons. The van der Waals surface area contributed by atoms with Gasteiger partial charge in [-0.1, -0.05) is 32.6 Å². The number of hydrogen-bond donors (Lipinski definition) is 0. The van der Waals surface area contributed by atoms with E-state index >= 15 is 0 Å². The molecule has 0 amide bonds. The smallest absolute Gasteiger partial charge is 0.333 e. The van der Waals surface area contributed by atoms with Gasteiger partial charge in [0, 0.05) is 11.0 Å². The Kier molecular flexibility index (Phi) is 2.69. The molecule has 2 nitrogen and oxygen atoms in total. The Balaban J connectivity index is 2.02. The number of fused-ring (bicyclic) bond motifs is 2. The van der Waals surface area contributed by atoms with Crippen LogP contribution in [0.1, 0.15) is 27.2 Å². The quantitative estimate of drug-likeness (QED) is 0.415. The average Bonchev–Trinajstić information content (AvgIpc) is 2.79. The molecule has 0 saturated heterocycles. The summed E-state index contributed by atoms with van der Waals surface area (Å²) in [5, 5.41) is 0. The van der Waals surface area contributed by atoms with Gasteiger partial charge >= 0.3 is 5.97 Å². The third kappa shape index (κ3) is 1.60. The van der Waals surface area contributed by atoms with Crippen molar-refractivity contribution in [3.05, 3.63) is 24.3 Å². The lowest BCUT2D eigenvalue weighted by Crippen LogP contribution is -2.35. The molecule has 2 bridgehead atoms. The minimum absolute atomic E-state index is 0.116. The molecule has 1 fully saturated rings. The molecule has 16 heavy (non-hydrogen) atoms. The van der Waals surface area contributed by atoms with Gasteiger partial charge in [0.2, 0.25) is 0 Å². The van der Waals surface area contributed by atoms with Crippen LogP contribution in [-0.2, 0) is 9.53 Å². The molecule has 0 spiro atoms. The Morgan fingerprint density at radius 1 is 1.56 bits per heavy atom. The molecule has 2 rings (SSSR count). The van der Waals surface area contributed by atoms with Crippen molar-refractivity contribution in [1.29, 1.82) is 0 Å². The highest BCUT2D eigenvalue weighted by atomic mass is 16.5. The summed E-state index contributed by atoms with van der Waals surface area (Å²) >= 11 is 0. The Hall–Kier alpha value is -1.05. The first kappa shape index (κ1) is 11.4. The summed E-state index contributed by atoms with van der Waals surface area (Å²) in [4.78, 5) is 11.4. The van der Waals surface area contributed by atoms with Gasteiger partial charge in [0.05, 0.1) is 6.61 Å².